The van der Waals surface area contributed by atoms with Crippen molar-refractivity contribution in [3.05, 3.63) is 46.3 Å². The highest BCUT2D eigenvalue weighted by Crippen LogP contribution is 2.34. The van der Waals surface area contributed by atoms with Crippen molar-refractivity contribution in [3.8, 4) is 0 Å². The average Bonchev–Trinajstić information content (AvgIpc) is 2.73. The minimum Gasteiger partial charge on any atom is -0.478 e. The highest BCUT2D eigenvalue weighted by Gasteiger charge is 2.12. The number of carbonyl (C=O) groups is 1. The van der Waals surface area contributed by atoms with E-state index in [4.69, 9.17) is 16.7 Å². The van der Waals surface area contributed by atoms with Crippen LogP contribution in [0.1, 0.15) is 10.4 Å². The Morgan fingerprint density at radius 3 is 2.81 bits per heavy atom. The fourth-order valence-corrected chi connectivity index (χ4v) is 3.19. The molecule has 0 aliphatic rings. The van der Waals surface area contributed by atoms with E-state index in [2.05, 4.69) is 0 Å². The van der Waals surface area contributed by atoms with Crippen LogP contribution >= 0.6 is 34.7 Å². The van der Waals surface area contributed by atoms with Crippen LogP contribution in [-0.4, -0.2) is 11.1 Å². The molecule has 0 unspecified atom stereocenters. The molecule has 2 rings (SSSR count). The molecule has 5 heteroatoms. The van der Waals surface area contributed by atoms with Crippen LogP contribution in [0.2, 0.25) is 5.02 Å². The lowest BCUT2D eigenvalue weighted by molar-refractivity contribution is 0.0693. The highest BCUT2D eigenvalue weighted by molar-refractivity contribution is 8.01. The molecule has 1 aromatic carbocycles. The Morgan fingerprint density at radius 1 is 1.38 bits per heavy atom. The van der Waals surface area contributed by atoms with E-state index in [0.717, 1.165) is 4.21 Å². The van der Waals surface area contributed by atoms with Gasteiger partial charge in [0, 0.05) is 9.92 Å². The molecule has 1 aromatic heterocycles. The summed E-state index contributed by atoms with van der Waals surface area (Å²) in [7, 11) is 0. The third-order valence-electron chi connectivity index (χ3n) is 1.88. The number of hydrogen-bond donors (Lipinski definition) is 1. The molecule has 0 radical (unpaired) electrons. The van der Waals surface area contributed by atoms with E-state index in [1.165, 1.54) is 17.8 Å². The summed E-state index contributed by atoms with van der Waals surface area (Å²) in [6.07, 6.45) is 0. The fourth-order valence-electron chi connectivity index (χ4n) is 1.19. The Labute approximate surface area is 106 Å². The van der Waals surface area contributed by atoms with Gasteiger partial charge in [-0.15, -0.1) is 11.3 Å². The first-order valence-electron chi connectivity index (χ1n) is 4.41. The second kappa shape index (κ2) is 4.91. The van der Waals surface area contributed by atoms with Crippen molar-refractivity contribution in [1.82, 2.24) is 0 Å². The Bertz CT molecular complexity index is 509. The summed E-state index contributed by atoms with van der Waals surface area (Å²) in [5, 5.41) is 11.4. The molecular formula is C11H7ClO2S2. The molecule has 2 nitrogen and oxygen atoms in total. The molecular weight excluding hydrogens is 264 g/mol. The van der Waals surface area contributed by atoms with Crippen LogP contribution in [0.5, 0.6) is 0 Å². The lowest BCUT2D eigenvalue weighted by Gasteiger charge is -2.04. The average molecular weight is 271 g/mol. The summed E-state index contributed by atoms with van der Waals surface area (Å²) < 4.78 is 1.06. The van der Waals surface area contributed by atoms with Gasteiger partial charge in [0.1, 0.15) is 0 Å². The highest BCUT2D eigenvalue weighted by atomic mass is 35.5. The van der Waals surface area contributed by atoms with E-state index in [-0.39, 0.29) is 5.56 Å². The van der Waals surface area contributed by atoms with Gasteiger partial charge < -0.3 is 5.11 Å². The Hall–Kier alpha value is -0.970. The molecule has 0 spiro atoms. The van der Waals surface area contributed by atoms with Crippen molar-refractivity contribution >= 4 is 40.7 Å². The van der Waals surface area contributed by atoms with E-state index in [9.17, 15) is 4.79 Å². The fraction of sp³-hybridized carbons (Fsp3) is 0. The molecule has 1 N–H and O–H groups in total. The summed E-state index contributed by atoms with van der Waals surface area (Å²) in [6.45, 7) is 0. The Kier molecular flexibility index (Phi) is 3.53. The molecule has 0 fully saturated rings. The third kappa shape index (κ3) is 2.58. The maximum absolute atomic E-state index is 11.0. The number of hydrogen-bond acceptors (Lipinski definition) is 3. The predicted octanol–water partition coefficient (Wildman–Crippen LogP) is 4.25. The van der Waals surface area contributed by atoms with Gasteiger partial charge in [0.2, 0.25) is 0 Å². The molecule has 1 heterocycles. The summed E-state index contributed by atoms with van der Waals surface area (Å²) in [6, 6.07) is 8.79. The lowest BCUT2D eigenvalue weighted by Crippen LogP contribution is -1.98. The smallest absolute Gasteiger partial charge is 0.336 e. The zero-order chi connectivity index (χ0) is 11.5. The Balaban J connectivity index is 2.36. The number of thiophene rings is 1. The molecule has 0 amide bonds. The van der Waals surface area contributed by atoms with Crippen LogP contribution in [-0.2, 0) is 0 Å². The van der Waals surface area contributed by atoms with E-state index >= 15 is 0 Å². The van der Waals surface area contributed by atoms with Gasteiger partial charge in [-0.1, -0.05) is 29.4 Å². The lowest BCUT2D eigenvalue weighted by atomic mass is 10.2. The standard InChI is InChI=1S/C11H7ClO2S2/c12-7-3-4-9(8(6-7)11(13)14)16-10-2-1-5-15-10/h1-6H,(H,13,14). The van der Waals surface area contributed by atoms with Crippen molar-refractivity contribution < 1.29 is 9.90 Å². The van der Waals surface area contributed by atoms with Crippen LogP contribution in [0, 0.1) is 0 Å². The van der Waals surface area contributed by atoms with Gasteiger partial charge in [-0.3, -0.25) is 0 Å². The summed E-state index contributed by atoms with van der Waals surface area (Å²) in [5.74, 6) is -0.957. The van der Waals surface area contributed by atoms with Crippen molar-refractivity contribution in [3.63, 3.8) is 0 Å². The van der Waals surface area contributed by atoms with Gasteiger partial charge in [-0.25, -0.2) is 4.79 Å². The summed E-state index contributed by atoms with van der Waals surface area (Å²) >= 11 is 8.79. The normalized spacial score (nSPS) is 10.3. The third-order valence-corrected chi connectivity index (χ3v) is 4.23. The van der Waals surface area contributed by atoms with Crippen LogP contribution in [0.3, 0.4) is 0 Å². The van der Waals surface area contributed by atoms with E-state index in [0.29, 0.717) is 9.92 Å². The number of carboxylic acid groups (broad SMARTS) is 1. The second-order valence-corrected chi connectivity index (χ2v) is 5.71. The summed E-state index contributed by atoms with van der Waals surface area (Å²) in [5.41, 5.74) is 0.242. The van der Waals surface area contributed by atoms with Crippen LogP contribution in [0.4, 0.5) is 0 Å². The largest absolute Gasteiger partial charge is 0.478 e. The molecule has 2 aromatic rings. The Morgan fingerprint density at radius 2 is 2.19 bits per heavy atom. The van der Waals surface area contributed by atoms with Crippen LogP contribution < -0.4 is 0 Å². The van der Waals surface area contributed by atoms with E-state index < -0.39 is 5.97 Å². The van der Waals surface area contributed by atoms with Crippen molar-refractivity contribution in [2.45, 2.75) is 9.10 Å². The zero-order valence-corrected chi connectivity index (χ0v) is 10.4. The van der Waals surface area contributed by atoms with Gasteiger partial charge in [-0.2, -0.15) is 0 Å². The molecule has 82 valence electrons. The van der Waals surface area contributed by atoms with Gasteiger partial charge in [0.25, 0.3) is 0 Å². The molecule has 16 heavy (non-hydrogen) atoms. The van der Waals surface area contributed by atoms with Crippen molar-refractivity contribution in [1.29, 1.82) is 0 Å². The first-order chi connectivity index (χ1) is 7.66. The van der Waals surface area contributed by atoms with Crippen molar-refractivity contribution in [2.75, 3.05) is 0 Å². The predicted molar refractivity (Wildman–Crippen MR) is 66.9 cm³/mol. The number of halogens is 1. The SMILES string of the molecule is O=C(O)c1cc(Cl)ccc1Sc1cccs1. The minimum atomic E-state index is -0.957. The topological polar surface area (TPSA) is 37.3 Å². The number of carboxylic acids is 1. The summed E-state index contributed by atoms with van der Waals surface area (Å²) in [4.78, 5) is 11.7. The zero-order valence-electron chi connectivity index (χ0n) is 8.01. The molecule has 0 aliphatic carbocycles. The van der Waals surface area contributed by atoms with Crippen LogP contribution in [0.15, 0.2) is 44.8 Å². The first kappa shape index (κ1) is 11.5. The quantitative estimate of drug-likeness (QED) is 0.906. The number of aromatic carboxylic acids is 1. The van der Waals surface area contributed by atoms with Gasteiger partial charge in [0.15, 0.2) is 0 Å². The first-order valence-corrected chi connectivity index (χ1v) is 6.48. The molecule has 0 atom stereocenters. The monoisotopic (exact) mass is 270 g/mol. The maximum atomic E-state index is 11.0. The van der Waals surface area contributed by atoms with E-state index in [1.54, 1.807) is 23.5 Å². The molecule has 0 saturated carbocycles. The van der Waals surface area contributed by atoms with Gasteiger partial charge >= 0.3 is 5.97 Å². The molecule has 0 saturated heterocycles. The van der Waals surface area contributed by atoms with Crippen LogP contribution in [0.25, 0.3) is 0 Å². The number of rotatable bonds is 3. The minimum absolute atomic E-state index is 0.242. The van der Waals surface area contributed by atoms with E-state index in [1.807, 2.05) is 17.5 Å². The second-order valence-electron chi connectivity index (χ2n) is 2.98. The molecule has 0 aliphatic heterocycles. The number of benzene rings is 1. The maximum Gasteiger partial charge on any atom is 0.336 e. The molecule has 0 bridgehead atoms. The van der Waals surface area contributed by atoms with Gasteiger partial charge in [0.05, 0.1) is 9.77 Å². The van der Waals surface area contributed by atoms with Gasteiger partial charge in [-0.05, 0) is 29.6 Å². The van der Waals surface area contributed by atoms with Crippen molar-refractivity contribution in [2.24, 2.45) is 0 Å².